The SMILES string of the molecule is [N-]=[N+]=N[C@@H]1CC[C@@H]2C[C@@H]21. The van der Waals surface area contributed by atoms with E-state index in [-0.39, 0.29) is 0 Å². The van der Waals surface area contributed by atoms with Crippen molar-refractivity contribution >= 4 is 0 Å². The minimum Gasteiger partial charge on any atom is -0.0903 e. The first-order chi connectivity index (χ1) is 4.42. The fourth-order valence-electron chi connectivity index (χ4n) is 1.88. The molecule has 9 heavy (non-hydrogen) atoms. The van der Waals surface area contributed by atoms with Crippen LogP contribution in [0.25, 0.3) is 10.4 Å². The van der Waals surface area contributed by atoms with Crippen molar-refractivity contribution in [2.75, 3.05) is 0 Å². The third-order valence-electron chi connectivity index (χ3n) is 2.50. The number of azide groups is 1. The lowest BCUT2D eigenvalue weighted by Gasteiger charge is -1.98. The largest absolute Gasteiger partial charge is 0.0903 e. The summed E-state index contributed by atoms with van der Waals surface area (Å²) >= 11 is 0. The Kier molecular flexibility index (Phi) is 0.935. The van der Waals surface area contributed by atoms with Gasteiger partial charge in [-0.3, -0.25) is 0 Å². The Balaban J connectivity index is 2.05. The summed E-state index contributed by atoms with van der Waals surface area (Å²) in [6.45, 7) is 0. The van der Waals surface area contributed by atoms with Crippen molar-refractivity contribution in [1.82, 2.24) is 0 Å². The molecule has 2 saturated carbocycles. The number of fused-ring (bicyclic) bond motifs is 1. The summed E-state index contributed by atoms with van der Waals surface area (Å²) in [6.07, 6.45) is 3.76. The van der Waals surface area contributed by atoms with Gasteiger partial charge in [-0.2, -0.15) is 0 Å². The van der Waals surface area contributed by atoms with Gasteiger partial charge in [0.05, 0.1) is 0 Å². The molecule has 0 aromatic carbocycles. The van der Waals surface area contributed by atoms with Gasteiger partial charge in [0, 0.05) is 11.0 Å². The van der Waals surface area contributed by atoms with Gasteiger partial charge in [-0.25, -0.2) is 0 Å². The first-order valence-corrected chi connectivity index (χ1v) is 3.46. The van der Waals surface area contributed by atoms with Crippen LogP contribution in [0.15, 0.2) is 5.11 Å². The van der Waals surface area contributed by atoms with Gasteiger partial charge in [-0.15, -0.1) is 0 Å². The summed E-state index contributed by atoms with van der Waals surface area (Å²) in [6, 6.07) is 0.361. The van der Waals surface area contributed by atoms with E-state index in [1.165, 1.54) is 12.8 Å². The maximum atomic E-state index is 8.12. The van der Waals surface area contributed by atoms with Crippen LogP contribution in [0, 0.1) is 11.8 Å². The lowest BCUT2D eigenvalue weighted by molar-refractivity contribution is 0.610. The molecule has 0 unspecified atom stereocenters. The first-order valence-electron chi connectivity index (χ1n) is 3.46. The smallest absolute Gasteiger partial charge is 0.0405 e. The van der Waals surface area contributed by atoms with E-state index in [0.717, 1.165) is 18.3 Å². The predicted molar refractivity (Wildman–Crippen MR) is 33.8 cm³/mol. The van der Waals surface area contributed by atoms with Crippen LogP contribution in [-0.4, -0.2) is 6.04 Å². The third kappa shape index (κ3) is 0.688. The maximum absolute atomic E-state index is 8.12. The van der Waals surface area contributed by atoms with Gasteiger partial charge >= 0.3 is 0 Å². The van der Waals surface area contributed by atoms with Gasteiger partial charge in [0.1, 0.15) is 0 Å². The van der Waals surface area contributed by atoms with Crippen molar-refractivity contribution in [3.8, 4) is 0 Å². The average Bonchev–Trinajstić information content (AvgIpc) is 2.54. The highest BCUT2D eigenvalue weighted by Gasteiger charge is 2.47. The summed E-state index contributed by atoms with van der Waals surface area (Å²) in [5.74, 6) is 1.71. The first kappa shape index (κ1) is 5.12. The fraction of sp³-hybridized carbons (Fsp3) is 1.00. The van der Waals surface area contributed by atoms with Crippen molar-refractivity contribution in [3.05, 3.63) is 10.4 Å². The zero-order valence-corrected chi connectivity index (χ0v) is 5.20. The predicted octanol–water partition coefficient (Wildman–Crippen LogP) is 2.10. The summed E-state index contributed by atoms with van der Waals surface area (Å²) < 4.78 is 0. The summed E-state index contributed by atoms with van der Waals surface area (Å²) in [5, 5.41) is 3.73. The summed E-state index contributed by atoms with van der Waals surface area (Å²) in [4.78, 5) is 2.82. The highest BCUT2D eigenvalue weighted by atomic mass is 15.2. The molecule has 2 fully saturated rings. The molecule has 2 aliphatic rings. The van der Waals surface area contributed by atoms with E-state index in [4.69, 9.17) is 5.53 Å². The van der Waals surface area contributed by atoms with Gasteiger partial charge < -0.3 is 0 Å². The van der Waals surface area contributed by atoms with Crippen molar-refractivity contribution in [3.63, 3.8) is 0 Å². The van der Waals surface area contributed by atoms with Crippen molar-refractivity contribution < 1.29 is 0 Å². The van der Waals surface area contributed by atoms with E-state index in [9.17, 15) is 0 Å². The molecule has 2 rings (SSSR count). The Morgan fingerprint density at radius 1 is 1.44 bits per heavy atom. The molecule has 2 aliphatic carbocycles. The second-order valence-electron chi connectivity index (χ2n) is 3.01. The van der Waals surface area contributed by atoms with E-state index >= 15 is 0 Å². The normalized spacial score (nSPS) is 45.6. The van der Waals surface area contributed by atoms with E-state index in [1.807, 2.05) is 0 Å². The standard InChI is InChI=1S/C6H9N3/c7-9-8-6-2-1-4-3-5(4)6/h4-6H,1-3H2/t4-,5+,6-/m1/s1. The Labute approximate surface area is 53.7 Å². The van der Waals surface area contributed by atoms with E-state index < -0.39 is 0 Å². The van der Waals surface area contributed by atoms with Crippen LogP contribution in [0.5, 0.6) is 0 Å². The van der Waals surface area contributed by atoms with Crippen LogP contribution in [-0.2, 0) is 0 Å². The lowest BCUT2D eigenvalue weighted by Crippen LogP contribution is -1.99. The molecule has 3 nitrogen and oxygen atoms in total. The lowest BCUT2D eigenvalue weighted by atomic mass is 10.2. The van der Waals surface area contributed by atoms with E-state index in [0.29, 0.717) is 6.04 Å². The maximum Gasteiger partial charge on any atom is 0.0405 e. The Hall–Kier alpha value is -0.690. The van der Waals surface area contributed by atoms with E-state index in [2.05, 4.69) is 10.0 Å². The zero-order valence-electron chi connectivity index (χ0n) is 5.20. The van der Waals surface area contributed by atoms with Crippen LogP contribution < -0.4 is 0 Å². The fourth-order valence-corrected chi connectivity index (χ4v) is 1.88. The second kappa shape index (κ2) is 1.64. The van der Waals surface area contributed by atoms with Gasteiger partial charge in [-0.1, -0.05) is 5.11 Å². The topological polar surface area (TPSA) is 48.8 Å². The molecular weight excluding hydrogens is 114 g/mol. The average molecular weight is 123 g/mol. The molecule has 3 atom stereocenters. The summed E-state index contributed by atoms with van der Waals surface area (Å²) in [7, 11) is 0. The number of nitrogens with zero attached hydrogens (tertiary/aromatic N) is 3. The van der Waals surface area contributed by atoms with Crippen LogP contribution in [0.1, 0.15) is 19.3 Å². The molecular formula is C6H9N3. The minimum atomic E-state index is 0.361. The van der Waals surface area contributed by atoms with Gasteiger partial charge in [-0.05, 0) is 36.6 Å². The Bertz CT molecular complexity index is 171. The van der Waals surface area contributed by atoms with Crippen molar-refractivity contribution in [2.24, 2.45) is 17.0 Å². The molecule has 0 spiro atoms. The highest BCUT2D eigenvalue weighted by Crippen LogP contribution is 2.52. The Morgan fingerprint density at radius 2 is 2.33 bits per heavy atom. The van der Waals surface area contributed by atoms with Crippen LogP contribution >= 0.6 is 0 Å². The van der Waals surface area contributed by atoms with Crippen LogP contribution in [0.2, 0.25) is 0 Å². The molecule has 0 radical (unpaired) electrons. The van der Waals surface area contributed by atoms with Crippen molar-refractivity contribution in [2.45, 2.75) is 25.3 Å². The number of hydrogen-bond donors (Lipinski definition) is 0. The number of rotatable bonds is 1. The molecule has 0 saturated heterocycles. The minimum absolute atomic E-state index is 0.361. The molecule has 0 amide bonds. The summed E-state index contributed by atoms with van der Waals surface area (Å²) in [5.41, 5.74) is 8.12. The molecule has 0 aromatic heterocycles. The number of hydrogen-bond acceptors (Lipinski definition) is 1. The van der Waals surface area contributed by atoms with Gasteiger partial charge in [0.15, 0.2) is 0 Å². The quantitative estimate of drug-likeness (QED) is 0.291. The molecule has 3 heteroatoms. The molecule has 48 valence electrons. The molecule has 0 heterocycles. The van der Waals surface area contributed by atoms with Gasteiger partial charge in [0.2, 0.25) is 0 Å². The van der Waals surface area contributed by atoms with Crippen molar-refractivity contribution in [1.29, 1.82) is 0 Å². The highest BCUT2D eigenvalue weighted by molar-refractivity contribution is 5.01. The monoisotopic (exact) mass is 123 g/mol. The third-order valence-corrected chi connectivity index (χ3v) is 2.50. The zero-order chi connectivity index (χ0) is 6.27. The van der Waals surface area contributed by atoms with Crippen LogP contribution in [0.3, 0.4) is 0 Å². The van der Waals surface area contributed by atoms with Crippen LogP contribution in [0.4, 0.5) is 0 Å². The second-order valence-corrected chi connectivity index (χ2v) is 3.01. The molecule has 0 aromatic rings. The molecule has 0 N–H and O–H groups in total. The Morgan fingerprint density at radius 3 is 2.78 bits per heavy atom. The van der Waals surface area contributed by atoms with Gasteiger partial charge in [0.25, 0.3) is 0 Å². The van der Waals surface area contributed by atoms with E-state index in [1.54, 1.807) is 0 Å². The molecule has 0 bridgehead atoms. The molecule has 0 aliphatic heterocycles.